The van der Waals surface area contributed by atoms with Gasteiger partial charge in [-0.05, 0) is 30.7 Å². The summed E-state index contributed by atoms with van der Waals surface area (Å²) in [6, 6.07) is 20.6. The fourth-order valence-corrected chi connectivity index (χ4v) is 3.33. The lowest BCUT2D eigenvalue weighted by Gasteiger charge is -2.30. The second-order valence-corrected chi connectivity index (χ2v) is 6.78. The van der Waals surface area contributed by atoms with E-state index in [0.29, 0.717) is 5.95 Å². The summed E-state index contributed by atoms with van der Waals surface area (Å²) in [6.45, 7) is 5.40. The molecule has 0 saturated carbocycles. The third kappa shape index (κ3) is 4.40. The highest BCUT2D eigenvalue weighted by Gasteiger charge is 2.15. The average Bonchev–Trinajstić information content (AvgIpc) is 2.76. The maximum atomic E-state index is 5.47. The summed E-state index contributed by atoms with van der Waals surface area (Å²) in [6.07, 6.45) is 1.77. The number of hydrogen-bond donors (Lipinski definition) is 2. The Hall–Kier alpha value is -3.12. The quantitative estimate of drug-likeness (QED) is 0.672. The molecule has 0 aliphatic carbocycles. The van der Waals surface area contributed by atoms with Gasteiger partial charge in [-0.2, -0.15) is 4.98 Å². The van der Waals surface area contributed by atoms with Crippen molar-refractivity contribution in [1.29, 1.82) is 0 Å². The maximum Gasteiger partial charge on any atom is 0.229 e. The van der Waals surface area contributed by atoms with Crippen LogP contribution in [0.15, 0.2) is 66.9 Å². The van der Waals surface area contributed by atoms with Crippen LogP contribution in [-0.4, -0.2) is 36.3 Å². The van der Waals surface area contributed by atoms with Crippen molar-refractivity contribution in [3.05, 3.63) is 72.4 Å². The van der Waals surface area contributed by atoms with E-state index in [2.05, 4.69) is 62.8 Å². The molecule has 1 aliphatic heterocycles. The highest BCUT2D eigenvalue weighted by molar-refractivity contribution is 5.73. The molecule has 28 heavy (non-hydrogen) atoms. The minimum absolute atomic E-state index is 0.157. The highest BCUT2D eigenvalue weighted by Crippen LogP contribution is 2.28. The summed E-state index contributed by atoms with van der Waals surface area (Å²) in [5.74, 6) is 1.36. The van der Waals surface area contributed by atoms with Crippen molar-refractivity contribution in [2.45, 2.75) is 13.0 Å². The summed E-state index contributed by atoms with van der Waals surface area (Å²) in [7, 11) is 0. The minimum atomic E-state index is 0.157. The zero-order valence-electron chi connectivity index (χ0n) is 16.0. The minimum Gasteiger partial charge on any atom is -0.378 e. The largest absolute Gasteiger partial charge is 0.378 e. The number of anilines is 4. The monoisotopic (exact) mass is 375 g/mol. The topological polar surface area (TPSA) is 62.3 Å². The normalized spacial score (nSPS) is 15.1. The molecule has 6 nitrogen and oxygen atoms in total. The van der Waals surface area contributed by atoms with Crippen molar-refractivity contribution in [3.8, 4) is 0 Å². The summed E-state index contributed by atoms with van der Waals surface area (Å²) < 4.78 is 5.47. The third-order valence-corrected chi connectivity index (χ3v) is 4.82. The number of hydrogen-bond acceptors (Lipinski definition) is 6. The number of aromatic nitrogens is 2. The van der Waals surface area contributed by atoms with Gasteiger partial charge in [0.05, 0.1) is 24.6 Å². The van der Waals surface area contributed by atoms with Gasteiger partial charge in [-0.15, -0.1) is 0 Å². The van der Waals surface area contributed by atoms with E-state index in [0.717, 1.165) is 43.5 Å². The van der Waals surface area contributed by atoms with Crippen molar-refractivity contribution in [2.75, 3.05) is 41.8 Å². The van der Waals surface area contributed by atoms with Crippen molar-refractivity contribution in [1.82, 2.24) is 9.97 Å². The fraction of sp³-hybridized carbons (Fsp3) is 0.273. The lowest BCUT2D eigenvalue weighted by molar-refractivity contribution is 0.123. The zero-order chi connectivity index (χ0) is 19.2. The van der Waals surface area contributed by atoms with Gasteiger partial charge >= 0.3 is 0 Å². The van der Waals surface area contributed by atoms with Crippen LogP contribution in [0.5, 0.6) is 0 Å². The molecule has 0 radical (unpaired) electrons. The van der Waals surface area contributed by atoms with E-state index in [9.17, 15) is 0 Å². The first-order chi connectivity index (χ1) is 13.8. The van der Waals surface area contributed by atoms with Crippen molar-refractivity contribution in [3.63, 3.8) is 0 Å². The van der Waals surface area contributed by atoms with E-state index < -0.39 is 0 Å². The van der Waals surface area contributed by atoms with Gasteiger partial charge in [0.25, 0.3) is 0 Å². The molecule has 4 rings (SSSR count). The van der Waals surface area contributed by atoms with Crippen LogP contribution in [0.25, 0.3) is 0 Å². The molecule has 2 aromatic carbocycles. The van der Waals surface area contributed by atoms with Gasteiger partial charge in [0, 0.05) is 25.3 Å². The van der Waals surface area contributed by atoms with Gasteiger partial charge in [-0.25, -0.2) is 4.98 Å². The molecule has 3 aromatic rings. The van der Waals surface area contributed by atoms with Crippen molar-refractivity contribution >= 4 is 23.1 Å². The molecule has 144 valence electrons. The Kier molecular flexibility index (Phi) is 5.68. The molecule has 0 spiro atoms. The van der Waals surface area contributed by atoms with Crippen LogP contribution < -0.4 is 15.5 Å². The molecule has 1 unspecified atom stereocenters. The molecule has 0 amide bonds. The highest BCUT2D eigenvalue weighted by atomic mass is 16.5. The number of benzene rings is 2. The summed E-state index contributed by atoms with van der Waals surface area (Å²) in [5, 5.41) is 6.82. The Morgan fingerprint density at radius 1 is 0.964 bits per heavy atom. The van der Waals surface area contributed by atoms with E-state index >= 15 is 0 Å². The van der Waals surface area contributed by atoms with Crippen LogP contribution in [0.4, 0.5) is 23.1 Å². The Labute approximate surface area is 165 Å². The molecule has 1 saturated heterocycles. The number of nitrogens with one attached hydrogen (secondary N) is 2. The smallest absolute Gasteiger partial charge is 0.229 e. The fourth-order valence-electron chi connectivity index (χ4n) is 3.33. The first kappa shape index (κ1) is 18.3. The lowest BCUT2D eigenvalue weighted by atomic mass is 10.1. The second kappa shape index (κ2) is 8.71. The molecule has 1 atom stereocenters. The van der Waals surface area contributed by atoms with Gasteiger partial charge in [0.2, 0.25) is 5.95 Å². The number of rotatable bonds is 6. The van der Waals surface area contributed by atoms with E-state index in [-0.39, 0.29) is 6.04 Å². The molecule has 1 aliphatic rings. The Morgan fingerprint density at radius 3 is 2.54 bits per heavy atom. The number of para-hydroxylation sites is 2. The predicted octanol–water partition coefficient (Wildman–Crippen LogP) is 4.23. The van der Waals surface area contributed by atoms with E-state index in [1.54, 1.807) is 6.20 Å². The van der Waals surface area contributed by atoms with Crippen LogP contribution >= 0.6 is 0 Å². The summed E-state index contributed by atoms with van der Waals surface area (Å²) in [4.78, 5) is 11.4. The SMILES string of the molecule is CC(Nc1ccnc(Nc2ccccc2N2CCOCC2)n1)c1ccccc1. The van der Waals surface area contributed by atoms with Gasteiger partial charge < -0.3 is 20.3 Å². The average molecular weight is 375 g/mol. The number of nitrogens with zero attached hydrogens (tertiary/aromatic N) is 3. The Morgan fingerprint density at radius 2 is 1.71 bits per heavy atom. The second-order valence-electron chi connectivity index (χ2n) is 6.78. The van der Waals surface area contributed by atoms with E-state index in [1.165, 1.54) is 5.56 Å². The summed E-state index contributed by atoms with van der Waals surface area (Å²) >= 11 is 0. The molecular weight excluding hydrogens is 350 g/mol. The van der Waals surface area contributed by atoms with Gasteiger partial charge in [-0.1, -0.05) is 42.5 Å². The lowest BCUT2D eigenvalue weighted by Crippen LogP contribution is -2.36. The van der Waals surface area contributed by atoms with E-state index in [4.69, 9.17) is 4.74 Å². The van der Waals surface area contributed by atoms with Gasteiger partial charge in [0.15, 0.2) is 0 Å². The van der Waals surface area contributed by atoms with Gasteiger partial charge in [-0.3, -0.25) is 0 Å². The van der Waals surface area contributed by atoms with Crippen LogP contribution in [0.3, 0.4) is 0 Å². The van der Waals surface area contributed by atoms with Crippen LogP contribution in [0.1, 0.15) is 18.5 Å². The van der Waals surface area contributed by atoms with E-state index in [1.807, 2.05) is 30.3 Å². The molecule has 0 bridgehead atoms. The van der Waals surface area contributed by atoms with Crippen LogP contribution in [0.2, 0.25) is 0 Å². The molecule has 1 fully saturated rings. The molecule has 2 heterocycles. The standard InChI is InChI=1S/C22H25N5O/c1-17(18-7-3-2-4-8-18)24-21-11-12-23-22(26-21)25-19-9-5-6-10-20(19)27-13-15-28-16-14-27/h2-12,17H,13-16H2,1H3,(H2,23,24,25,26). The Balaban J connectivity index is 1.50. The molecule has 1 aromatic heterocycles. The van der Waals surface area contributed by atoms with Crippen LogP contribution in [-0.2, 0) is 4.74 Å². The van der Waals surface area contributed by atoms with Gasteiger partial charge in [0.1, 0.15) is 5.82 Å². The summed E-state index contributed by atoms with van der Waals surface area (Å²) in [5.41, 5.74) is 3.36. The Bertz CT molecular complexity index is 896. The first-order valence-electron chi connectivity index (χ1n) is 9.63. The predicted molar refractivity (Wildman–Crippen MR) is 113 cm³/mol. The van der Waals surface area contributed by atoms with Crippen molar-refractivity contribution in [2.24, 2.45) is 0 Å². The zero-order valence-corrected chi connectivity index (χ0v) is 16.0. The van der Waals surface area contributed by atoms with Crippen LogP contribution in [0, 0.1) is 0 Å². The maximum absolute atomic E-state index is 5.47. The molecule has 6 heteroatoms. The third-order valence-electron chi connectivity index (χ3n) is 4.82. The number of ether oxygens (including phenoxy) is 1. The molecule has 2 N–H and O–H groups in total. The first-order valence-corrected chi connectivity index (χ1v) is 9.63. The molecular formula is C22H25N5O. The number of morpholine rings is 1. The van der Waals surface area contributed by atoms with Crippen molar-refractivity contribution < 1.29 is 4.74 Å².